The molecule has 6 nitrogen and oxygen atoms in total. The van der Waals surface area contributed by atoms with E-state index in [1.807, 2.05) is 36.1 Å². The van der Waals surface area contributed by atoms with Crippen molar-refractivity contribution in [1.29, 1.82) is 0 Å². The zero-order valence-corrected chi connectivity index (χ0v) is 12.5. The number of halogens is 1. The Bertz CT molecular complexity index is 659. The summed E-state index contributed by atoms with van der Waals surface area (Å²) >= 11 is 0. The molecule has 0 atom stereocenters. The lowest BCUT2D eigenvalue weighted by atomic mass is 10.2. The monoisotopic (exact) mass is 304 g/mol. The Labute approximate surface area is 129 Å². The van der Waals surface area contributed by atoms with Gasteiger partial charge in [-0.15, -0.1) is 12.4 Å². The molecule has 110 valence electrons. The van der Waals surface area contributed by atoms with Gasteiger partial charge in [0.2, 0.25) is 0 Å². The van der Waals surface area contributed by atoms with Crippen LogP contribution in [0.15, 0.2) is 43.2 Å². The van der Waals surface area contributed by atoms with Gasteiger partial charge in [0.25, 0.3) is 0 Å². The molecule has 0 saturated heterocycles. The Kier molecular flexibility index (Phi) is 5.08. The van der Waals surface area contributed by atoms with Crippen molar-refractivity contribution in [3.05, 3.63) is 60.1 Å². The van der Waals surface area contributed by atoms with E-state index in [0.717, 1.165) is 30.2 Å². The van der Waals surface area contributed by atoms with Crippen molar-refractivity contribution < 1.29 is 0 Å². The standard InChI is InChI=1S/C14H16N6.ClH/c1-11-13(9-18-19-11)8-16-6-12-2-3-14(17-7-12)20-5-4-15-10-20;/h2-5,7,9-10,16H,6,8H2,1H3,(H,18,19);1H. The van der Waals surface area contributed by atoms with Crippen molar-refractivity contribution >= 4 is 12.4 Å². The molecule has 0 spiro atoms. The van der Waals surface area contributed by atoms with Gasteiger partial charge in [-0.25, -0.2) is 9.97 Å². The van der Waals surface area contributed by atoms with E-state index in [0.29, 0.717) is 0 Å². The molecule has 0 aromatic carbocycles. The van der Waals surface area contributed by atoms with Crippen LogP contribution in [0.4, 0.5) is 0 Å². The number of hydrogen-bond acceptors (Lipinski definition) is 4. The molecular weight excluding hydrogens is 288 g/mol. The third-order valence-electron chi connectivity index (χ3n) is 3.16. The lowest BCUT2D eigenvalue weighted by Crippen LogP contribution is -2.13. The third kappa shape index (κ3) is 3.68. The first kappa shape index (κ1) is 15.2. The molecule has 0 saturated carbocycles. The molecule has 0 aliphatic carbocycles. The smallest absolute Gasteiger partial charge is 0.137 e. The second kappa shape index (κ2) is 7.01. The second-order valence-corrected chi connectivity index (χ2v) is 4.62. The SMILES string of the molecule is Cc1[nH]ncc1CNCc1ccc(-n2ccnc2)nc1.Cl. The summed E-state index contributed by atoms with van der Waals surface area (Å²) < 4.78 is 1.88. The fourth-order valence-corrected chi connectivity index (χ4v) is 1.96. The van der Waals surface area contributed by atoms with Gasteiger partial charge < -0.3 is 5.32 Å². The van der Waals surface area contributed by atoms with Crippen LogP contribution in [-0.4, -0.2) is 24.7 Å². The molecule has 0 radical (unpaired) electrons. The average molecular weight is 305 g/mol. The van der Waals surface area contributed by atoms with Gasteiger partial charge in [-0.3, -0.25) is 9.67 Å². The van der Waals surface area contributed by atoms with E-state index in [4.69, 9.17) is 0 Å². The number of H-pyrrole nitrogens is 1. The van der Waals surface area contributed by atoms with Crippen LogP contribution < -0.4 is 5.32 Å². The molecule has 0 amide bonds. The third-order valence-corrected chi connectivity index (χ3v) is 3.16. The van der Waals surface area contributed by atoms with Crippen molar-refractivity contribution in [2.75, 3.05) is 0 Å². The van der Waals surface area contributed by atoms with Crippen LogP contribution >= 0.6 is 12.4 Å². The fourth-order valence-electron chi connectivity index (χ4n) is 1.96. The molecule has 3 rings (SSSR count). The first-order valence-corrected chi connectivity index (χ1v) is 6.46. The summed E-state index contributed by atoms with van der Waals surface area (Å²) in [6.45, 7) is 3.60. The van der Waals surface area contributed by atoms with Gasteiger partial charge in [0, 0.05) is 42.9 Å². The predicted octanol–water partition coefficient (Wildman–Crippen LogP) is 2.01. The minimum absolute atomic E-state index is 0. The quantitative estimate of drug-likeness (QED) is 0.756. The Morgan fingerprint density at radius 2 is 2.14 bits per heavy atom. The van der Waals surface area contributed by atoms with Crippen molar-refractivity contribution in [3.8, 4) is 5.82 Å². The van der Waals surface area contributed by atoms with Crippen LogP contribution in [0.25, 0.3) is 5.82 Å². The van der Waals surface area contributed by atoms with Gasteiger partial charge >= 0.3 is 0 Å². The van der Waals surface area contributed by atoms with Crippen LogP contribution in [0.5, 0.6) is 0 Å². The van der Waals surface area contributed by atoms with Gasteiger partial charge in [-0.05, 0) is 18.6 Å². The summed E-state index contributed by atoms with van der Waals surface area (Å²) in [6.07, 6.45) is 9.08. The highest BCUT2D eigenvalue weighted by Crippen LogP contribution is 2.06. The number of nitrogens with zero attached hydrogens (tertiary/aromatic N) is 4. The van der Waals surface area contributed by atoms with Gasteiger partial charge in [-0.2, -0.15) is 5.10 Å². The van der Waals surface area contributed by atoms with Crippen LogP contribution in [0.2, 0.25) is 0 Å². The number of imidazole rings is 1. The Hall–Kier alpha value is -2.18. The van der Waals surface area contributed by atoms with Crippen LogP contribution in [0, 0.1) is 6.92 Å². The Morgan fingerprint density at radius 1 is 1.24 bits per heavy atom. The highest BCUT2D eigenvalue weighted by molar-refractivity contribution is 5.85. The lowest BCUT2D eigenvalue weighted by molar-refractivity contribution is 0.688. The molecule has 0 bridgehead atoms. The topological polar surface area (TPSA) is 71.4 Å². The van der Waals surface area contributed by atoms with E-state index in [1.165, 1.54) is 5.56 Å². The fraction of sp³-hybridized carbons (Fsp3) is 0.214. The normalized spacial score (nSPS) is 10.3. The first-order valence-electron chi connectivity index (χ1n) is 6.46. The zero-order valence-electron chi connectivity index (χ0n) is 11.7. The van der Waals surface area contributed by atoms with Crippen molar-refractivity contribution in [3.63, 3.8) is 0 Å². The van der Waals surface area contributed by atoms with E-state index in [-0.39, 0.29) is 12.4 Å². The maximum atomic E-state index is 4.42. The summed E-state index contributed by atoms with van der Waals surface area (Å²) in [5, 5.41) is 10.3. The van der Waals surface area contributed by atoms with E-state index >= 15 is 0 Å². The number of aromatic amines is 1. The highest BCUT2D eigenvalue weighted by Gasteiger charge is 2.01. The number of rotatable bonds is 5. The summed E-state index contributed by atoms with van der Waals surface area (Å²) in [4.78, 5) is 8.43. The number of pyridine rings is 1. The van der Waals surface area contributed by atoms with E-state index in [2.05, 4.69) is 31.5 Å². The molecule has 0 aliphatic rings. The number of hydrogen-bond donors (Lipinski definition) is 2. The van der Waals surface area contributed by atoms with Crippen molar-refractivity contribution in [2.45, 2.75) is 20.0 Å². The van der Waals surface area contributed by atoms with Gasteiger partial charge in [0.15, 0.2) is 0 Å². The predicted molar refractivity (Wildman–Crippen MR) is 82.5 cm³/mol. The Morgan fingerprint density at radius 3 is 2.76 bits per heavy atom. The molecule has 0 aliphatic heterocycles. The molecule has 0 unspecified atom stereocenters. The maximum absolute atomic E-state index is 4.42. The summed E-state index contributed by atoms with van der Waals surface area (Å²) in [5.41, 5.74) is 3.44. The highest BCUT2D eigenvalue weighted by atomic mass is 35.5. The zero-order chi connectivity index (χ0) is 13.8. The van der Waals surface area contributed by atoms with E-state index < -0.39 is 0 Å². The molecule has 3 heterocycles. The minimum Gasteiger partial charge on any atom is -0.308 e. The van der Waals surface area contributed by atoms with Crippen LogP contribution in [0.1, 0.15) is 16.8 Å². The second-order valence-electron chi connectivity index (χ2n) is 4.62. The molecule has 7 heteroatoms. The largest absolute Gasteiger partial charge is 0.308 e. The van der Waals surface area contributed by atoms with Gasteiger partial charge in [0.05, 0.1) is 6.20 Å². The minimum atomic E-state index is 0. The average Bonchev–Trinajstić information content (AvgIpc) is 3.12. The van der Waals surface area contributed by atoms with Gasteiger partial charge in [0.1, 0.15) is 12.1 Å². The maximum Gasteiger partial charge on any atom is 0.137 e. The summed E-state index contributed by atoms with van der Waals surface area (Å²) in [7, 11) is 0. The van der Waals surface area contributed by atoms with Gasteiger partial charge in [-0.1, -0.05) is 6.07 Å². The molecule has 21 heavy (non-hydrogen) atoms. The molecule has 3 aromatic rings. The number of nitrogens with one attached hydrogen (secondary N) is 2. The van der Waals surface area contributed by atoms with Crippen LogP contribution in [-0.2, 0) is 13.1 Å². The number of aryl methyl sites for hydroxylation is 1. The summed E-state index contributed by atoms with van der Waals surface area (Å²) in [6, 6.07) is 4.05. The molecule has 0 fully saturated rings. The van der Waals surface area contributed by atoms with Crippen molar-refractivity contribution in [1.82, 2.24) is 30.0 Å². The van der Waals surface area contributed by atoms with Crippen molar-refractivity contribution in [2.24, 2.45) is 0 Å². The molecule has 3 aromatic heterocycles. The summed E-state index contributed by atoms with van der Waals surface area (Å²) in [5.74, 6) is 0.872. The molecular formula is C14H17ClN6. The van der Waals surface area contributed by atoms with E-state index in [1.54, 1.807) is 12.5 Å². The first-order chi connectivity index (χ1) is 9.83. The number of aromatic nitrogens is 5. The van der Waals surface area contributed by atoms with E-state index in [9.17, 15) is 0 Å². The Balaban J connectivity index is 0.00000161. The lowest BCUT2D eigenvalue weighted by Gasteiger charge is -2.05. The molecule has 2 N–H and O–H groups in total. The van der Waals surface area contributed by atoms with Crippen LogP contribution in [0.3, 0.4) is 0 Å².